The second-order valence-electron chi connectivity index (χ2n) is 4.81. The summed E-state index contributed by atoms with van der Waals surface area (Å²) in [5.74, 6) is 1.54. The number of rotatable bonds is 9. The van der Waals surface area contributed by atoms with Crippen LogP contribution in [0.4, 0.5) is 0 Å². The Kier molecular flexibility index (Phi) is 6.97. The standard InChI is InChI=1S/C13H25N3O3/c1-6-18-12(9(2)3)13-15-11(19-16-13)7-10(14-4)8-17-5/h9-10,12,14H,6-8H2,1-5H3. The van der Waals surface area contributed by atoms with Crippen molar-refractivity contribution in [1.29, 1.82) is 0 Å². The SMILES string of the molecule is CCOC(c1noc(CC(COC)NC)n1)C(C)C. The van der Waals surface area contributed by atoms with E-state index in [0.29, 0.717) is 37.3 Å². The third-order valence-corrected chi connectivity index (χ3v) is 2.89. The summed E-state index contributed by atoms with van der Waals surface area (Å²) in [6.07, 6.45) is 0.534. The van der Waals surface area contributed by atoms with Crippen molar-refractivity contribution in [2.24, 2.45) is 5.92 Å². The third kappa shape index (κ3) is 4.89. The zero-order valence-corrected chi connectivity index (χ0v) is 12.5. The molecular formula is C13H25N3O3. The molecule has 1 rings (SSSR count). The Labute approximate surface area is 114 Å². The predicted octanol–water partition coefficient (Wildman–Crippen LogP) is 1.58. The number of hydrogen-bond donors (Lipinski definition) is 1. The molecule has 6 heteroatoms. The van der Waals surface area contributed by atoms with Gasteiger partial charge in [-0.05, 0) is 19.9 Å². The van der Waals surface area contributed by atoms with Crippen LogP contribution in [0, 0.1) is 5.92 Å². The van der Waals surface area contributed by atoms with Gasteiger partial charge in [-0.3, -0.25) is 0 Å². The average molecular weight is 271 g/mol. The van der Waals surface area contributed by atoms with Gasteiger partial charge >= 0.3 is 0 Å². The third-order valence-electron chi connectivity index (χ3n) is 2.89. The monoisotopic (exact) mass is 271 g/mol. The number of likely N-dealkylation sites (N-methyl/N-ethyl adjacent to an activating group) is 1. The fraction of sp³-hybridized carbons (Fsp3) is 0.846. The van der Waals surface area contributed by atoms with Crippen LogP contribution in [0.3, 0.4) is 0 Å². The molecular weight excluding hydrogens is 246 g/mol. The summed E-state index contributed by atoms with van der Waals surface area (Å²) in [5.41, 5.74) is 0. The van der Waals surface area contributed by atoms with Crippen LogP contribution in [-0.4, -0.2) is 43.6 Å². The van der Waals surface area contributed by atoms with Crippen LogP contribution in [0.15, 0.2) is 4.52 Å². The molecule has 0 aliphatic rings. The van der Waals surface area contributed by atoms with E-state index >= 15 is 0 Å². The molecule has 1 N–H and O–H groups in total. The number of aromatic nitrogens is 2. The first-order valence-electron chi connectivity index (χ1n) is 6.72. The molecule has 0 aliphatic heterocycles. The van der Waals surface area contributed by atoms with Crippen LogP contribution in [-0.2, 0) is 15.9 Å². The van der Waals surface area contributed by atoms with Gasteiger partial charge in [0.1, 0.15) is 6.10 Å². The highest BCUT2D eigenvalue weighted by molar-refractivity contribution is 4.94. The van der Waals surface area contributed by atoms with Gasteiger partial charge in [-0.25, -0.2) is 0 Å². The zero-order valence-electron chi connectivity index (χ0n) is 12.5. The summed E-state index contributed by atoms with van der Waals surface area (Å²) in [7, 11) is 3.56. The van der Waals surface area contributed by atoms with Gasteiger partial charge in [0.2, 0.25) is 11.7 Å². The molecule has 6 nitrogen and oxygen atoms in total. The Hall–Kier alpha value is -0.980. The summed E-state index contributed by atoms with van der Waals surface area (Å²) in [6.45, 7) is 7.37. The number of nitrogens with one attached hydrogen (secondary N) is 1. The van der Waals surface area contributed by atoms with E-state index in [1.807, 2.05) is 14.0 Å². The largest absolute Gasteiger partial charge is 0.383 e. The quantitative estimate of drug-likeness (QED) is 0.735. The van der Waals surface area contributed by atoms with Crippen LogP contribution in [0.1, 0.15) is 38.6 Å². The van der Waals surface area contributed by atoms with Crippen LogP contribution >= 0.6 is 0 Å². The molecule has 0 radical (unpaired) electrons. The molecule has 0 fully saturated rings. The van der Waals surface area contributed by atoms with Crippen LogP contribution in [0.5, 0.6) is 0 Å². The smallest absolute Gasteiger partial charge is 0.228 e. The number of ether oxygens (including phenoxy) is 2. The summed E-state index contributed by atoms with van der Waals surface area (Å²) in [6, 6.07) is 0.169. The van der Waals surface area contributed by atoms with Gasteiger partial charge in [0.05, 0.1) is 6.61 Å². The van der Waals surface area contributed by atoms with Crippen molar-refractivity contribution in [2.75, 3.05) is 27.4 Å². The topological polar surface area (TPSA) is 69.4 Å². The Bertz CT molecular complexity index is 355. The van der Waals surface area contributed by atoms with Gasteiger partial charge in [-0.1, -0.05) is 19.0 Å². The lowest BCUT2D eigenvalue weighted by Crippen LogP contribution is -2.32. The van der Waals surface area contributed by atoms with E-state index in [1.54, 1.807) is 7.11 Å². The van der Waals surface area contributed by atoms with Crippen LogP contribution < -0.4 is 5.32 Å². The highest BCUT2D eigenvalue weighted by Gasteiger charge is 2.23. The summed E-state index contributed by atoms with van der Waals surface area (Å²) in [4.78, 5) is 4.42. The number of nitrogens with zero attached hydrogens (tertiary/aromatic N) is 2. The molecule has 0 aromatic carbocycles. The fourth-order valence-electron chi connectivity index (χ4n) is 1.87. The van der Waals surface area contributed by atoms with E-state index in [2.05, 4.69) is 29.3 Å². The van der Waals surface area contributed by atoms with Crippen LogP contribution in [0.2, 0.25) is 0 Å². The lowest BCUT2D eigenvalue weighted by Gasteiger charge is -2.16. The first-order valence-corrected chi connectivity index (χ1v) is 6.72. The van der Waals surface area contributed by atoms with E-state index in [0.717, 1.165) is 0 Å². The second-order valence-corrected chi connectivity index (χ2v) is 4.81. The molecule has 1 heterocycles. The molecule has 1 aromatic heterocycles. The predicted molar refractivity (Wildman–Crippen MR) is 71.9 cm³/mol. The molecule has 1 aromatic rings. The number of hydrogen-bond acceptors (Lipinski definition) is 6. The first-order chi connectivity index (χ1) is 9.12. The van der Waals surface area contributed by atoms with Gasteiger partial charge in [-0.15, -0.1) is 0 Å². The van der Waals surface area contributed by atoms with Crippen LogP contribution in [0.25, 0.3) is 0 Å². The molecule has 0 saturated heterocycles. The zero-order chi connectivity index (χ0) is 14.3. The lowest BCUT2D eigenvalue weighted by molar-refractivity contribution is 0.0217. The second kappa shape index (κ2) is 8.24. The van der Waals surface area contributed by atoms with Gasteiger partial charge in [0.15, 0.2) is 0 Å². The molecule has 0 saturated carbocycles. The molecule has 0 spiro atoms. The van der Waals surface area contributed by atoms with E-state index in [9.17, 15) is 0 Å². The molecule has 110 valence electrons. The Morgan fingerprint density at radius 1 is 1.37 bits per heavy atom. The fourth-order valence-corrected chi connectivity index (χ4v) is 1.87. The summed E-state index contributed by atoms with van der Waals surface area (Å²) in [5, 5.41) is 7.18. The van der Waals surface area contributed by atoms with Crippen molar-refractivity contribution in [2.45, 2.75) is 39.3 Å². The minimum atomic E-state index is -0.113. The van der Waals surface area contributed by atoms with E-state index in [4.69, 9.17) is 14.0 Å². The van der Waals surface area contributed by atoms with Crippen molar-refractivity contribution in [3.8, 4) is 0 Å². The van der Waals surface area contributed by atoms with Crippen molar-refractivity contribution < 1.29 is 14.0 Å². The molecule has 2 atom stereocenters. The van der Waals surface area contributed by atoms with Gasteiger partial charge in [-0.2, -0.15) is 4.98 Å². The van der Waals surface area contributed by atoms with Gasteiger partial charge in [0, 0.05) is 26.2 Å². The summed E-state index contributed by atoms with van der Waals surface area (Å²) < 4.78 is 16.1. The van der Waals surface area contributed by atoms with Crippen molar-refractivity contribution >= 4 is 0 Å². The van der Waals surface area contributed by atoms with Crippen molar-refractivity contribution in [3.63, 3.8) is 0 Å². The summed E-state index contributed by atoms with van der Waals surface area (Å²) >= 11 is 0. The first kappa shape index (κ1) is 16.1. The molecule has 0 amide bonds. The van der Waals surface area contributed by atoms with E-state index in [1.165, 1.54) is 0 Å². The average Bonchev–Trinajstić information content (AvgIpc) is 2.83. The Morgan fingerprint density at radius 2 is 2.11 bits per heavy atom. The van der Waals surface area contributed by atoms with E-state index in [-0.39, 0.29) is 12.1 Å². The van der Waals surface area contributed by atoms with Crippen molar-refractivity contribution in [1.82, 2.24) is 15.5 Å². The maximum Gasteiger partial charge on any atom is 0.228 e. The Morgan fingerprint density at radius 3 is 2.63 bits per heavy atom. The van der Waals surface area contributed by atoms with Gasteiger partial charge in [0.25, 0.3) is 0 Å². The molecule has 2 unspecified atom stereocenters. The maximum absolute atomic E-state index is 5.66. The normalized spacial score (nSPS) is 14.8. The maximum atomic E-state index is 5.66. The van der Waals surface area contributed by atoms with Gasteiger partial charge < -0.3 is 19.3 Å². The lowest BCUT2D eigenvalue weighted by atomic mass is 10.1. The highest BCUT2D eigenvalue weighted by atomic mass is 16.5. The highest BCUT2D eigenvalue weighted by Crippen LogP contribution is 2.23. The number of methoxy groups -OCH3 is 1. The molecule has 0 aliphatic carbocycles. The minimum Gasteiger partial charge on any atom is -0.383 e. The van der Waals surface area contributed by atoms with E-state index < -0.39 is 0 Å². The van der Waals surface area contributed by atoms with Crippen molar-refractivity contribution in [3.05, 3.63) is 11.7 Å². The Balaban J connectivity index is 2.69. The molecule has 19 heavy (non-hydrogen) atoms. The minimum absolute atomic E-state index is 0.113. The molecule has 0 bridgehead atoms.